The van der Waals surface area contributed by atoms with Crippen molar-refractivity contribution in [3.8, 4) is 0 Å². The van der Waals surface area contributed by atoms with Gasteiger partial charge >= 0.3 is 0 Å². The molecule has 1 aromatic heterocycles. The molecule has 29 heavy (non-hydrogen) atoms. The molecule has 2 aromatic rings. The van der Waals surface area contributed by atoms with Gasteiger partial charge in [-0.15, -0.1) is 0 Å². The topological polar surface area (TPSA) is 64.0 Å². The molecule has 1 aromatic carbocycles. The van der Waals surface area contributed by atoms with E-state index < -0.39 is 0 Å². The van der Waals surface area contributed by atoms with Crippen molar-refractivity contribution >= 4 is 28.6 Å². The Balaban J connectivity index is 1.25. The zero-order chi connectivity index (χ0) is 20.2. The predicted octanol–water partition coefficient (Wildman–Crippen LogP) is 3.75. The van der Waals surface area contributed by atoms with Crippen LogP contribution in [0.4, 0.5) is 0 Å². The standard InChI is InChI=1S/C23H29N3O2S/c1-14(23-10-15-7-16(11-23)9-17(8-15)12-23)24-20(27)13-29-22-25-19-6-4-3-5-18(19)21(28)26(22)2/h3-6,14-17H,7-13H2,1-2H3,(H,24,27). The quantitative estimate of drug-likeness (QED) is 0.601. The van der Waals surface area contributed by atoms with E-state index in [1.165, 1.54) is 50.3 Å². The summed E-state index contributed by atoms with van der Waals surface area (Å²) in [6, 6.07) is 7.58. The van der Waals surface area contributed by atoms with Crippen LogP contribution in [0.1, 0.15) is 45.4 Å². The molecule has 0 radical (unpaired) electrons. The lowest BCUT2D eigenvalue weighted by Gasteiger charge is -2.59. The highest BCUT2D eigenvalue weighted by Gasteiger charge is 2.53. The SMILES string of the molecule is CC(NC(=O)CSc1nc2ccccc2c(=O)n1C)C12CC3CC(CC(C3)C1)C2. The van der Waals surface area contributed by atoms with Gasteiger partial charge in [-0.1, -0.05) is 23.9 Å². The lowest BCUT2D eigenvalue weighted by molar-refractivity contribution is -0.123. The van der Waals surface area contributed by atoms with Crippen molar-refractivity contribution in [2.24, 2.45) is 30.2 Å². The number of thioether (sulfide) groups is 1. The van der Waals surface area contributed by atoms with Gasteiger partial charge in [0.05, 0.1) is 16.7 Å². The molecule has 4 bridgehead atoms. The van der Waals surface area contributed by atoms with Gasteiger partial charge in [-0.05, 0) is 80.8 Å². The van der Waals surface area contributed by atoms with Gasteiger partial charge in [0.25, 0.3) is 5.56 Å². The van der Waals surface area contributed by atoms with Crippen LogP contribution in [-0.4, -0.2) is 27.3 Å². The van der Waals surface area contributed by atoms with Crippen molar-refractivity contribution in [2.75, 3.05) is 5.75 Å². The number of benzene rings is 1. The first-order valence-corrected chi connectivity index (χ1v) is 11.8. The molecule has 4 saturated carbocycles. The molecule has 4 aliphatic rings. The highest BCUT2D eigenvalue weighted by Crippen LogP contribution is 2.61. The van der Waals surface area contributed by atoms with E-state index in [0.29, 0.717) is 21.5 Å². The lowest BCUT2D eigenvalue weighted by Crippen LogP contribution is -2.56. The Hall–Kier alpha value is -1.82. The molecule has 4 aliphatic carbocycles. The fourth-order valence-corrected chi connectivity index (χ4v) is 7.38. The number of rotatable bonds is 5. The molecule has 0 saturated heterocycles. The second kappa shape index (κ2) is 7.15. The van der Waals surface area contributed by atoms with Crippen LogP contribution in [0.25, 0.3) is 10.9 Å². The minimum Gasteiger partial charge on any atom is -0.352 e. The predicted molar refractivity (Wildman–Crippen MR) is 116 cm³/mol. The van der Waals surface area contributed by atoms with E-state index in [9.17, 15) is 9.59 Å². The highest BCUT2D eigenvalue weighted by molar-refractivity contribution is 7.99. The third kappa shape index (κ3) is 3.39. The Morgan fingerprint density at radius 3 is 2.48 bits per heavy atom. The van der Waals surface area contributed by atoms with Gasteiger partial charge in [0.2, 0.25) is 5.91 Å². The van der Waals surface area contributed by atoms with Crippen LogP contribution in [0.2, 0.25) is 0 Å². The molecule has 1 amide bonds. The molecule has 0 spiro atoms. The molecular formula is C23H29N3O2S. The average Bonchev–Trinajstić information content (AvgIpc) is 2.68. The Morgan fingerprint density at radius 2 is 1.83 bits per heavy atom. The maximum Gasteiger partial charge on any atom is 0.261 e. The van der Waals surface area contributed by atoms with Gasteiger partial charge in [0.1, 0.15) is 0 Å². The zero-order valence-corrected chi connectivity index (χ0v) is 18.0. The van der Waals surface area contributed by atoms with E-state index in [-0.39, 0.29) is 23.3 Å². The number of nitrogens with zero attached hydrogens (tertiary/aromatic N) is 2. The monoisotopic (exact) mass is 411 g/mol. The maximum absolute atomic E-state index is 12.7. The second-order valence-corrected chi connectivity index (χ2v) is 10.6. The summed E-state index contributed by atoms with van der Waals surface area (Å²) < 4.78 is 1.54. The van der Waals surface area contributed by atoms with E-state index >= 15 is 0 Å². The normalized spacial score (nSPS) is 31.2. The Labute approximate surface area is 175 Å². The number of carbonyl (C=O) groups is 1. The molecule has 1 N–H and O–H groups in total. The van der Waals surface area contributed by atoms with Crippen molar-refractivity contribution in [3.05, 3.63) is 34.6 Å². The first kappa shape index (κ1) is 19.2. The molecule has 6 rings (SSSR count). The van der Waals surface area contributed by atoms with Crippen LogP contribution in [0.15, 0.2) is 34.2 Å². The minimum absolute atomic E-state index is 0.0423. The summed E-state index contributed by atoms with van der Waals surface area (Å²) in [6.07, 6.45) is 8.10. The highest BCUT2D eigenvalue weighted by atomic mass is 32.2. The van der Waals surface area contributed by atoms with Gasteiger partial charge in [-0.25, -0.2) is 4.98 Å². The molecule has 154 valence electrons. The number of hydrogen-bond acceptors (Lipinski definition) is 4. The molecule has 1 atom stereocenters. The third-order valence-electron chi connectivity index (χ3n) is 7.66. The van der Waals surface area contributed by atoms with Crippen LogP contribution < -0.4 is 10.9 Å². The summed E-state index contributed by atoms with van der Waals surface area (Å²) in [4.78, 5) is 29.9. The van der Waals surface area contributed by atoms with Crippen molar-refractivity contribution in [2.45, 2.75) is 56.6 Å². The number of para-hydroxylation sites is 1. The number of carbonyl (C=O) groups excluding carboxylic acids is 1. The summed E-state index contributed by atoms with van der Waals surface area (Å²) in [5.41, 5.74) is 0.921. The van der Waals surface area contributed by atoms with Gasteiger partial charge in [-0.2, -0.15) is 0 Å². The van der Waals surface area contributed by atoms with Crippen LogP contribution in [-0.2, 0) is 11.8 Å². The summed E-state index contributed by atoms with van der Waals surface area (Å²) in [7, 11) is 1.72. The summed E-state index contributed by atoms with van der Waals surface area (Å²) >= 11 is 1.34. The first-order valence-electron chi connectivity index (χ1n) is 10.8. The van der Waals surface area contributed by atoms with Crippen LogP contribution in [0.5, 0.6) is 0 Å². The third-order valence-corrected chi connectivity index (χ3v) is 8.69. The van der Waals surface area contributed by atoms with E-state index in [1.54, 1.807) is 17.7 Å². The van der Waals surface area contributed by atoms with E-state index in [0.717, 1.165) is 17.8 Å². The number of fused-ring (bicyclic) bond motifs is 1. The minimum atomic E-state index is -0.0690. The van der Waals surface area contributed by atoms with E-state index in [1.807, 2.05) is 18.2 Å². The van der Waals surface area contributed by atoms with Crippen molar-refractivity contribution in [3.63, 3.8) is 0 Å². The summed E-state index contributed by atoms with van der Waals surface area (Å²) in [5, 5.41) is 4.50. The zero-order valence-electron chi connectivity index (χ0n) is 17.2. The molecule has 5 nitrogen and oxygen atoms in total. The molecule has 1 heterocycles. The van der Waals surface area contributed by atoms with E-state index in [4.69, 9.17) is 0 Å². The largest absolute Gasteiger partial charge is 0.352 e. The number of hydrogen-bond donors (Lipinski definition) is 1. The van der Waals surface area contributed by atoms with Crippen molar-refractivity contribution < 1.29 is 4.79 Å². The molecular weight excluding hydrogens is 382 g/mol. The maximum atomic E-state index is 12.7. The smallest absolute Gasteiger partial charge is 0.261 e. The molecule has 6 heteroatoms. The Kier molecular flexibility index (Phi) is 4.72. The first-order chi connectivity index (χ1) is 13.9. The van der Waals surface area contributed by atoms with Gasteiger partial charge in [0, 0.05) is 13.1 Å². The fourth-order valence-electron chi connectivity index (χ4n) is 6.60. The molecule has 1 unspecified atom stereocenters. The van der Waals surface area contributed by atoms with E-state index in [2.05, 4.69) is 17.2 Å². The number of amides is 1. The second-order valence-electron chi connectivity index (χ2n) is 9.63. The molecule has 0 aliphatic heterocycles. The van der Waals surface area contributed by atoms with Gasteiger partial charge in [0.15, 0.2) is 5.16 Å². The summed E-state index contributed by atoms with van der Waals surface area (Å²) in [6.45, 7) is 2.21. The van der Waals surface area contributed by atoms with Crippen molar-refractivity contribution in [1.82, 2.24) is 14.9 Å². The van der Waals surface area contributed by atoms with Crippen LogP contribution in [0, 0.1) is 23.2 Å². The van der Waals surface area contributed by atoms with Gasteiger partial charge < -0.3 is 5.32 Å². The molecule has 4 fully saturated rings. The lowest BCUT2D eigenvalue weighted by atomic mass is 9.48. The van der Waals surface area contributed by atoms with Crippen molar-refractivity contribution in [1.29, 1.82) is 0 Å². The van der Waals surface area contributed by atoms with Crippen LogP contribution >= 0.6 is 11.8 Å². The van der Waals surface area contributed by atoms with Gasteiger partial charge in [-0.3, -0.25) is 14.2 Å². The average molecular weight is 412 g/mol. The Morgan fingerprint density at radius 1 is 1.21 bits per heavy atom. The fraction of sp³-hybridized carbons (Fsp3) is 0.609. The number of nitrogens with one attached hydrogen (secondary N) is 1. The number of aromatic nitrogens is 2. The summed E-state index contributed by atoms with van der Waals surface area (Å²) in [5.74, 6) is 2.97. The Bertz CT molecular complexity index is 980. The van der Waals surface area contributed by atoms with Crippen LogP contribution in [0.3, 0.4) is 0 Å².